The van der Waals surface area contributed by atoms with E-state index >= 15 is 0 Å². The number of fused-ring (bicyclic) bond motifs is 2. The summed E-state index contributed by atoms with van der Waals surface area (Å²) in [6.45, 7) is 0.438. The zero-order chi connectivity index (χ0) is 22.2. The molecule has 2 aliphatic rings. The van der Waals surface area contributed by atoms with E-state index < -0.39 is 0 Å². The Bertz CT molecular complexity index is 1280. The summed E-state index contributed by atoms with van der Waals surface area (Å²) in [5, 5.41) is 13.0. The zero-order valence-corrected chi connectivity index (χ0v) is 19.8. The fourth-order valence-electron chi connectivity index (χ4n) is 4.44. The first kappa shape index (κ1) is 20.9. The zero-order valence-electron chi connectivity index (χ0n) is 17.4. The molecule has 160 valence electrons. The topological polar surface area (TPSA) is 56.6 Å². The molecule has 3 aromatic rings. The Kier molecular flexibility index (Phi) is 5.58. The average molecular weight is 506 g/mol. The van der Waals surface area contributed by atoms with E-state index in [-0.39, 0.29) is 18.2 Å². The molecular weight excluding hydrogens is 486 g/mol. The number of carbonyl (C=O) groups is 1. The van der Waals surface area contributed by atoms with Crippen LogP contribution in [0.15, 0.2) is 75.7 Å². The highest BCUT2D eigenvalue weighted by molar-refractivity contribution is 9.10. The van der Waals surface area contributed by atoms with E-state index in [1.54, 1.807) is 23.8 Å². The minimum atomic E-state index is -0.327. The number of nitrogens with zero attached hydrogens (tertiary/aromatic N) is 3. The lowest BCUT2D eigenvalue weighted by atomic mass is 9.83. The van der Waals surface area contributed by atoms with Crippen molar-refractivity contribution in [2.24, 2.45) is 0 Å². The van der Waals surface area contributed by atoms with E-state index in [1.807, 2.05) is 60.7 Å². The van der Waals surface area contributed by atoms with Crippen molar-refractivity contribution in [2.75, 3.05) is 24.6 Å². The molecule has 0 saturated carbocycles. The SMILES string of the molecule is COc1ccc2ccccc2c1[C@@H]1CC(=O)N2CN(c3ccc(Br)cc3)CSC2=C1C#N. The second-order valence-corrected chi connectivity index (χ2v) is 9.59. The summed E-state index contributed by atoms with van der Waals surface area (Å²) in [6, 6.07) is 22.5. The van der Waals surface area contributed by atoms with Crippen molar-refractivity contribution in [1.82, 2.24) is 4.90 Å². The van der Waals surface area contributed by atoms with Crippen molar-refractivity contribution >= 4 is 50.1 Å². The molecule has 5 rings (SSSR count). The number of nitriles is 1. The number of methoxy groups -OCH3 is 1. The molecule has 1 fully saturated rings. The van der Waals surface area contributed by atoms with E-state index in [1.165, 1.54) is 0 Å². The molecule has 0 aromatic heterocycles. The molecule has 0 aliphatic carbocycles. The highest BCUT2D eigenvalue weighted by Crippen LogP contribution is 2.47. The average Bonchev–Trinajstić information content (AvgIpc) is 2.83. The van der Waals surface area contributed by atoms with E-state index in [2.05, 4.69) is 26.9 Å². The summed E-state index contributed by atoms with van der Waals surface area (Å²) in [5.74, 6) is 1.08. The van der Waals surface area contributed by atoms with Crippen molar-refractivity contribution in [2.45, 2.75) is 12.3 Å². The molecule has 0 spiro atoms. The molecule has 2 heterocycles. The molecule has 32 heavy (non-hydrogen) atoms. The van der Waals surface area contributed by atoms with Crippen LogP contribution in [0.1, 0.15) is 17.9 Å². The number of hydrogen-bond donors (Lipinski definition) is 0. The lowest BCUT2D eigenvalue weighted by Crippen LogP contribution is -2.47. The molecule has 7 heteroatoms. The quantitative estimate of drug-likeness (QED) is 0.448. The number of thioether (sulfide) groups is 1. The van der Waals surface area contributed by atoms with E-state index in [4.69, 9.17) is 4.74 Å². The Morgan fingerprint density at radius 3 is 2.66 bits per heavy atom. The van der Waals surface area contributed by atoms with Crippen LogP contribution >= 0.6 is 27.7 Å². The van der Waals surface area contributed by atoms with Crippen molar-refractivity contribution in [3.8, 4) is 11.8 Å². The van der Waals surface area contributed by atoms with Gasteiger partial charge in [-0.05, 0) is 41.1 Å². The van der Waals surface area contributed by atoms with Crippen LogP contribution in [0.5, 0.6) is 5.75 Å². The number of halogens is 1. The molecule has 0 N–H and O–H groups in total. The third kappa shape index (κ3) is 3.54. The Balaban J connectivity index is 1.57. The maximum Gasteiger partial charge on any atom is 0.229 e. The van der Waals surface area contributed by atoms with E-state index in [9.17, 15) is 10.1 Å². The van der Waals surface area contributed by atoms with Gasteiger partial charge in [0.2, 0.25) is 5.91 Å². The van der Waals surface area contributed by atoms with E-state index in [0.29, 0.717) is 23.9 Å². The van der Waals surface area contributed by atoms with E-state index in [0.717, 1.165) is 31.5 Å². The number of benzene rings is 3. The molecular formula is C25H20BrN3O2S. The fraction of sp³-hybridized carbons (Fsp3) is 0.200. The van der Waals surface area contributed by atoms with Crippen molar-refractivity contribution < 1.29 is 9.53 Å². The van der Waals surface area contributed by atoms with Gasteiger partial charge in [0.15, 0.2) is 0 Å². The largest absolute Gasteiger partial charge is 0.496 e. The highest BCUT2D eigenvalue weighted by atomic mass is 79.9. The molecule has 3 aromatic carbocycles. The van der Waals surface area contributed by atoms with Gasteiger partial charge >= 0.3 is 0 Å². The number of allylic oxidation sites excluding steroid dienone is 1. The van der Waals surface area contributed by atoms with Gasteiger partial charge in [0.1, 0.15) is 5.75 Å². The smallest absolute Gasteiger partial charge is 0.229 e. The second-order valence-electron chi connectivity index (χ2n) is 7.74. The van der Waals surface area contributed by atoms with Gasteiger partial charge in [0.05, 0.1) is 36.3 Å². The highest BCUT2D eigenvalue weighted by Gasteiger charge is 2.39. The standard InChI is InChI=1S/C25H20BrN3O2S/c1-31-22-11-6-16-4-2-3-5-19(16)24(22)20-12-23(30)29-14-28(15-32-25(29)21(20)13-27)18-9-7-17(26)8-10-18/h2-11,20H,12,14-15H2,1H3/t20-/m1/s1. The number of hydrogen-bond acceptors (Lipinski definition) is 5. The summed E-state index contributed by atoms with van der Waals surface area (Å²) in [7, 11) is 1.63. The predicted molar refractivity (Wildman–Crippen MR) is 131 cm³/mol. The van der Waals surface area contributed by atoms with Crippen LogP contribution in [0, 0.1) is 11.3 Å². The first-order chi connectivity index (χ1) is 15.6. The Labute approximate surface area is 199 Å². The second kappa shape index (κ2) is 8.53. The molecule has 0 radical (unpaired) electrons. The fourth-order valence-corrected chi connectivity index (χ4v) is 5.87. The van der Waals surface area contributed by atoms with Crippen LogP contribution in [0.3, 0.4) is 0 Å². The first-order valence-corrected chi connectivity index (χ1v) is 12.0. The normalized spacial score (nSPS) is 18.5. The molecule has 1 saturated heterocycles. The van der Waals surface area contributed by atoms with Gasteiger partial charge < -0.3 is 9.64 Å². The van der Waals surface area contributed by atoms with Crippen LogP contribution in [0.4, 0.5) is 5.69 Å². The monoisotopic (exact) mass is 505 g/mol. The number of amides is 1. The van der Waals surface area contributed by atoms with Gasteiger partial charge in [-0.3, -0.25) is 9.69 Å². The van der Waals surface area contributed by atoms with Gasteiger partial charge in [0.25, 0.3) is 0 Å². The Hall–Kier alpha value is -2.95. The maximum absolute atomic E-state index is 13.3. The Morgan fingerprint density at radius 2 is 1.91 bits per heavy atom. The maximum atomic E-state index is 13.3. The molecule has 1 amide bonds. The van der Waals surface area contributed by atoms with Gasteiger partial charge in [-0.15, -0.1) is 0 Å². The molecule has 0 bridgehead atoms. The lowest BCUT2D eigenvalue weighted by molar-refractivity contribution is -0.129. The van der Waals surface area contributed by atoms with Crippen molar-refractivity contribution in [3.63, 3.8) is 0 Å². The summed E-state index contributed by atoms with van der Waals surface area (Å²) in [4.78, 5) is 17.2. The minimum Gasteiger partial charge on any atom is -0.496 e. The third-order valence-electron chi connectivity index (χ3n) is 5.98. The predicted octanol–water partition coefficient (Wildman–Crippen LogP) is 5.83. The Morgan fingerprint density at radius 1 is 1.12 bits per heavy atom. The third-order valence-corrected chi connectivity index (χ3v) is 7.67. The lowest BCUT2D eigenvalue weighted by Gasteiger charge is -2.42. The van der Waals surface area contributed by atoms with Crippen LogP contribution < -0.4 is 9.64 Å². The van der Waals surface area contributed by atoms with Crippen LogP contribution in [-0.4, -0.2) is 30.5 Å². The molecule has 1 atom stereocenters. The number of rotatable bonds is 3. The summed E-state index contributed by atoms with van der Waals surface area (Å²) in [5.41, 5.74) is 2.60. The number of carbonyl (C=O) groups excluding carboxylic acids is 1. The molecule has 5 nitrogen and oxygen atoms in total. The minimum absolute atomic E-state index is 0.0216. The van der Waals surface area contributed by atoms with Gasteiger partial charge in [-0.2, -0.15) is 5.26 Å². The van der Waals surface area contributed by atoms with Gasteiger partial charge in [-0.25, -0.2) is 0 Å². The molecule has 2 aliphatic heterocycles. The van der Waals surface area contributed by atoms with Crippen LogP contribution in [0.25, 0.3) is 10.8 Å². The number of ether oxygens (including phenoxy) is 1. The van der Waals surface area contributed by atoms with Gasteiger partial charge in [0, 0.05) is 28.1 Å². The first-order valence-electron chi connectivity index (χ1n) is 10.2. The summed E-state index contributed by atoms with van der Waals surface area (Å²) >= 11 is 5.01. The number of anilines is 1. The van der Waals surface area contributed by atoms with Gasteiger partial charge in [-0.1, -0.05) is 58.0 Å². The van der Waals surface area contributed by atoms with Crippen molar-refractivity contribution in [1.29, 1.82) is 5.26 Å². The molecule has 0 unspecified atom stereocenters. The van der Waals surface area contributed by atoms with Crippen LogP contribution in [0.2, 0.25) is 0 Å². The summed E-state index contributed by atoms with van der Waals surface area (Å²) in [6.07, 6.45) is 0.242. The van der Waals surface area contributed by atoms with Crippen molar-refractivity contribution in [3.05, 3.63) is 81.3 Å². The summed E-state index contributed by atoms with van der Waals surface area (Å²) < 4.78 is 6.69. The van der Waals surface area contributed by atoms with Crippen LogP contribution in [-0.2, 0) is 4.79 Å².